The lowest BCUT2D eigenvalue weighted by Gasteiger charge is -2.35. The van der Waals surface area contributed by atoms with Gasteiger partial charge in [0.05, 0.1) is 0 Å². The monoisotopic (exact) mass is 283 g/mol. The Balaban J connectivity index is 0.00000180. The van der Waals surface area contributed by atoms with E-state index in [0.29, 0.717) is 17.3 Å². The predicted molar refractivity (Wildman–Crippen MR) is 80.7 cm³/mol. The summed E-state index contributed by atoms with van der Waals surface area (Å²) in [4.78, 5) is 16.5. The second kappa shape index (κ2) is 6.78. The van der Waals surface area contributed by atoms with E-state index in [0.717, 1.165) is 25.9 Å². The molecule has 0 unspecified atom stereocenters. The van der Waals surface area contributed by atoms with E-state index in [1.54, 1.807) is 12.1 Å². The van der Waals surface area contributed by atoms with E-state index >= 15 is 0 Å². The Hall–Kier alpha value is -1.26. The number of hydrogen-bond acceptors (Lipinski definition) is 3. The van der Waals surface area contributed by atoms with E-state index in [-0.39, 0.29) is 18.3 Å². The Morgan fingerprint density at radius 1 is 1.37 bits per heavy atom. The maximum atomic E-state index is 12.3. The molecule has 0 atom stereocenters. The van der Waals surface area contributed by atoms with E-state index < -0.39 is 0 Å². The number of hydrogen-bond donors (Lipinski definition) is 1. The van der Waals surface area contributed by atoms with Crippen molar-refractivity contribution in [3.05, 3.63) is 29.8 Å². The SMILES string of the molecule is CN1CCC(N(C)C(=O)c2cccc(N)c2)CC1.Cl. The number of benzene rings is 1. The van der Waals surface area contributed by atoms with Crippen LogP contribution in [0.3, 0.4) is 0 Å². The van der Waals surface area contributed by atoms with Gasteiger partial charge in [0.25, 0.3) is 5.91 Å². The largest absolute Gasteiger partial charge is 0.399 e. The van der Waals surface area contributed by atoms with Crippen molar-refractivity contribution in [1.82, 2.24) is 9.80 Å². The van der Waals surface area contributed by atoms with Gasteiger partial charge in [-0.2, -0.15) is 0 Å². The molecule has 1 aromatic carbocycles. The molecule has 1 saturated heterocycles. The van der Waals surface area contributed by atoms with Crippen molar-refractivity contribution in [3.8, 4) is 0 Å². The van der Waals surface area contributed by atoms with Crippen molar-refractivity contribution in [2.45, 2.75) is 18.9 Å². The lowest BCUT2D eigenvalue weighted by Crippen LogP contribution is -2.44. The number of nitrogens with zero attached hydrogens (tertiary/aromatic N) is 2. The highest BCUT2D eigenvalue weighted by Crippen LogP contribution is 2.17. The molecule has 1 amide bonds. The lowest BCUT2D eigenvalue weighted by atomic mass is 10.0. The molecule has 0 saturated carbocycles. The lowest BCUT2D eigenvalue weighted by molar-refractivity contribution is 0.0659. The Bertz CT molecular complexity index is 430. The predicted octanol–water partition coefficient (Wildman–Crippen LogP) is 1.86. The van der Waals surface area contributed by atoms with E-state index in [1.165, 1.54) is 0 Å². The summed E-state index contributed by atoms with van der Waals surface area (Å²) >= 11 is 0. The molecule has 2 N–H and O–H groups in total. The number of carbonyl (C=O) groups is 1. The van der Waals surface area contributed by atoms with E-state index in [2.05, 4.69) is 11.9 Å². The fourth-order valence-corrected chi connectivity index (χ4v) is 2.42. The average Bonchev–Trinajstić information content (AvgIpc) is 2.38. The minimum Gasteiger partial charge on any atom is -0.399 e. The van der Waals surface area contributed by atoms with Gasteiger partial charge in [-0.1, -0.05) is 6.07 Å². The number of anilines is 1. The third-order valence-electron chi connectivity index (χ3n) is 3.69. The molecule has 1 heterocycles. The number of piperidine rings is 1. The maximum absolute atomic E-state index is 12.3. The zero-order valence-electron chi connectivity index (χ0n) is 11.5. The Morgan fingerprint density at radius 2 is 2.00 bits per heavy atom. The van der Waals surface area contributed by atoms with Crippen LogP contribution in [0.1, 0.15) is 23.2 Å². The molecule has 4 nitrogen and oxygen atoms in total. The summed E-state index contributed by atoms with van der Waals surface area (Å²) in [6.07, 6.45) is 2.09. The minimum atomic E-state index is 0. The van der Waals surface area contributed by atoms with E-state index in [1.807, 2.05) is 24.1 Å². The number of nitrogen functional groups attached to an aromatic ring is 1. The summed E-state index contributed by atoms with van der Waals surface area (Å²) in [6, 6.07) is 7.53. The highest BCUT2D eigenvalue weighted by molar-refractivity contribution is 5.95. The molecule has 0 bridgehead atoms. The van der Waals surface area contributed by atoms with Crippen molar-refractivity contribution in [3.63, 3.8) is 0 Å². The van der Waals surface area contributed by atoms with Crippen LogP contribution in [0.5, 0.6) is 0 Å². The number of halogens is 1. The average molecular weight is 284 g/mol. The van der Waals surface area contributed by atoms with E-state index in [4.69, 9.17) is 5.73 Å². The van der Waals surface area contributed by atoms with Crippen molar-refractivity contribution in [2.24, 2.45) is 0 Å². The molecule has 1 fully saturated rings. The molecule has 1 aliphatic rings. The van der Waals surface area contributed by atoms with Gasteiger partial charge in [-0.05, 0) is 51.2 Å². The van der Waals surface area contributed by atoms with E-state index in [9.17, 15) is 4.79 Å². The van der Waals surface area contributed by atoms with Crippen LogP contribution in [-0.2, 0) is 0 Å². The van der Waals surface area contributed by atoms with Gasteiger partial charge in [0.15, 0.2) is 0 Å². The van der Waals surface area contributed by atoms with Gasteiger partial charge in [-0.15, -0.1) is 12.4 Å². The molecule has 0 radical (unpaired) electrons. The second-order valence-corrected chi connectivity index (χ2v) is 5.08. The molecule has 1 aliphatic heterocycles. The summed E-state index contributed by atoms with van der Waals surface area (Å²) in [5.74, 6) is 0.0665. The van der Waals surface area contributed by atoms with Crippen molar-refractivity contribution < 1.29 is 4.79 Å². The molecule has 1 aromatic rings. The highest BCUT2D eigenvalue weighted by Gasteiger charge is 2.24. The number of rotatable bonds is 2. The smallest absolute Gasteiger partial charge is 0.253 e. The van der Waals surface area contributed by atoms with Gasteiger partial charge in [0.1, 0.15) is 0 Å². The Morgan fingerprint density at radius 3 is 2.58 bits per heavy atom. The Kier molecular flexibility index (Phi) is 5.63. The summed E-state index contributed by atoms with van der Waals surface area (Å²) in [6.45, 7) is 2.11. The normalized spacial score (nSPS) is 16.7. The van der Waals surface area contributed by atoms with Crippen molar-refractivity contribution in [2.75, 3.05) is 32.9 Å². The van der Waals surface area contributed by atoms with Gasteiger partial charge in [0.2, 0.25) is 0 Å². The summed E-state index contributed by atoms with van der Waals surface area (Å²) in [5, 5.41) is 0. The fraction of sp³-hybridized carbons (Fsp3) is 0.500. The van der Waals surface area contributed by atoms with Gasteiger partial charge < -0.3 is 15.5 Å². The quantitative estimate of drug-likeness (QED) is 0.843. The van der Waals surface area contributed by atoms with Crippen LogP contribution in [0.4, 0.5) is 5.69 Å². The van der Waals surface area contributed by atoms with Crippen LogP contribution >= 0.6 is 12.4 Å². The number of likely N-dealkylation sites (tertiary alicyclic amines) is 1. The molecule has 2 rings (SSSR count). The van der Waals surface area contributed by atoms with Gasteiger partial charge in [-0.3, -0.25) is 4.79 Å². The molecule has 0 aliphatic carbocycles. The van der Waals surface area contributed by atoms with Crippen LogP contribution < -0.4 is 5.73 Å². The summed E-state index contributed by atoms with van der Waals surface area (Å²) in [7, 11) is 4.01. The van der Waals surface area contributed by atoms with Crippen LogP contribution in [0.25, 0.3) is 0 Å². The zero-order valence-corrected chi connectivity index (χ0v) is 12.3. The molecular formula is C14H22ClN3O. The van der Waals surface area contributed by atoms with Gasteiger partial charge in [-0.25, -0.2) is 0 Å². The zero-order chi connectivity index (χ0) is 13.1. The molecule has 0 aromatic heterocycles. The molecule has 19 heavy (non-hydrogen) atoms. The Labute approximate surface area is 121 Å². The van der Waals surface area contributed by atoms with Crippen LogP contribution in [0.2, 0.25) is 0 Å². The van der Waals surface area contributed by atoms with Crippen molar-refractivity contribution in [1.29, 1.82) is 0 Å². The second-order valence-electron chi connectivity index (χ2n) is 5.08. The summed E-state index contributed by atoms with van der Waals surface area (Å²) in [5.41, 5.74) is 7.03. The van der Waals surface area contributed by atoms with Crippen LogP contribution in [0.15, 0.2) is 24.3 Å². The third kappa shape index (κ3) is 3.85. The maximum Gasteiger partial charge on any atom is 0.253 e. The van der Waals surface area contributed by atoms with Crippen LogP contribution in [0, 0.1) is 0 Å². The number of amides is 1. The minimum absolute atomic E-state index is 0. The number of carbonyl (C=O) groups excluding carboxylic acids is 1. The van der Waals surface area contributed by atoms with Crippen molar-refractivity contribution >= 4 is 24.0 Å². The molecule has 0 spiro atoms. The molecule has 5 heteroatoms. The highest BCUT2D eigenvalue weighted by atomic mass is 35.5. The fourth-order valence-electron chi connectivity index (χ4n) is 2.42. The first-order valence-electron chi connectivity index (χ1n) is 6.39. The number of nitrogens with two attached hydrogens (primary N) is 1. The van der Waals surface area contributed by atoms with Gasteiger partial charge >= 0.3 is 0 Å². The first-order chi connectivity index (χ1) is 8.58. The molecular weight excluding hydrogens is 262 g/mol. The third-order valence-corrected chi connectivity index (χ3v) is 3.69. The van der Waals surface area contributed by atoms with Gasteiger partial charge in [0, 0.05) is 24.3 Å². The molecule has 106 valence electrons. The first-order valence-corrected chi connectivity index (χ1v) is 6.39. The van der Waals surface area contributed by atoms with Crippen LogP contribution in [-0.4, -0.2) is 48.9 Å². The first kappa shape index (κ1) is 15.8. The standard InChI is InChI=1S/C14H21N3O.ClH/c1-16-8-6-13(7-9-16)17(2)14(18)11-4-3-5-12(15)10-11;/h3-5,10,13H,6-9,15H2,1-2H3;1H. The summed E-state index contributed by atoms with van der Waals surface area (Å²) < 4.78 is 0. The topological polar surface area (TPSA) is 49.6 Å².